The van der Waals surface area contributed by atoms with Gasteiger partial charge in [0.25, 0.3) is 0 Å². The van der Waals surface area contributed by atoms with Gasteiger partial charge in [-0.3, -0.25) is 4.79 Å². The first-order chi connectivity index (χ1) is 13.6. The van der Waals surface area contributed by atoms with Crippen LogP contribution in [0.5, 0.6) is 0 Å². The summed E-state index contributed by atoms with van der Waals surface area (Å²) in [5, 5.41) is 7.33. The number of aromatic nitrogens is 2. The summed E-state index contributed by atoms with van der Waals surface area (Å²) in [7, 11) is 0. The third-order valence-electron chi connectivity index (χ3n) is 5.70. The molecule has 7 nitrogen and oxygen atoms in total. The molecule has 2 unspecified atom stereocenters. The Hall–Kier alpha value is -2.83. The lowest BCUT2D eigenvalue weighted by Crippen LogP contribution is -2.41. The van der Waals surface area contributed by atoms with Crippen LogP contribution in [0.3, 0.4) is 0 Å². The van der Waals surface area contributed by atoms with E-state index in [0.29, 0.717) is 24.8 Å². The molecule has 2 atom stereocenters. The fourth-order valence-corrected chi connectivity index (χ4v) is 4.00. The monoisotopic (exact) mass is 382 g/mol. The number of piperidine rings is 1. The van der Waals surface area contributed by atoms with Gasteiger partial charge in [-0.15, -0.1) is 0 Å². The van der Waals surface area contributed by atoms with Gasteiger partial charge in [-0.2, -0.15) is 5.10 Å². The molecule has 148 valence electrons. The largest absolute Gasteiger partial charge is 0.447 e. The van der Waals surface area contributed by atoms with E-state index in [4.69, 9.17) is 4.74 Å². The molecular weight excluding hydrogens is 356 g/mol. The van der Waals surface area contributed by atoms with Crippen LogP contribution in [-0.4, -0.2) is 45.9 Å². The van der Waals surface area contributed by atoms with Gasteiger partial charge < -0.3 is 15.0 Å². The summed E-state index contributed by atoms with van der Waals surface area (Å²) in [6.45, 7) is 3.34. The number of nitrogens with one attached hydrogen (secondary N) is 1. The van der Waals surface area contributed by atoms with Crippen molar-refractivity contribution in [2.75, 3.05) is 18.5 Å². The summed E-state index contributed by atoms with van der Waals surface area (Å²) >= 11 is 0. The van der Waals surface area contributed by atoms with Gasteiger partial charge in [-0.1, -0.05) is 19.1 Å². The van der Waals surface area contributed by atoms with Crippen LogP contribution in [0, 0.1) is 5.92 Å². The van der Waals surface area contributed by atoms with Crippen molar-refractivity contribution in [3.05, 3.63) is 42.1 Å². The molecule has 28 heavy (non-hydrogen) atoms. The first-order valence-corrected chi connectivity index (χ1v) is 10.0. The molecule has 1 aromatic carbocycles. The van der Waals surface area contributed by atoms with Gasteiger partial charge in [0.05, 0.1) is 11.7 Å². The maximum atomic E-state index is 12.3. The molecule has 0 saturated carbocycles. The molecule has 2 aliphatic rings. The topological polar surface area (TPSA) is 76.5 Å². The standard InChI is InChI=1S/C21H26N4O3/c1-2-15-3-6-17(7-4-15)25-12-10-19(23-25)22-20(26)8-5-16-9-11-24-18(13-16)14-28-21(24)27/h3-4,6-7,10,12,16,18H,2,5,8-9,11,13-14H2,1H3,(H,22,23,26). The predicted molar refractivity (Wildman–Crippen MR) is 105 cm³/mol. The Labute approximate surface area is 164 Å². The van der Waals surface area contributed by atoms with E-state index < -0.39 is 0 Å². The molecule has 2 aliphatic heterocycles. The molecule has 0 spiro atoms. The van der Waals surface area contributed by atoms with Crippen LogP contribution in [0.1, 0.15) is 38.2 Å². The Bertz CT molecular complexity index is 846. The number of fused-ring (bicyclic) bond motifs is 1. The van der Waals surface area contributed by atoms with Gasteiger partial charge in [0.2, 0.25) is 5.91 Å². The highest BCUT2D eigenvalue weighted by Crippen LogP contribution is 2.30. The van der Waals surface area contributed by atoms with Gasteiger partial charge in [0.15, 0.2) is 5.82 Å². The van der Waals surface area contributed by atoms with Crippen molar-refractivity contribution in [3.8, 4) is 5.69 Å². The summed E-state index contributed by atoms with van der Waals surface area (Å²) in [4.78, 5) is 25.7. The molecule has 2 saturated heterocycles. The average Bonchev–Trinajstić information content (AvgIpc) is 3.33. The minimum absolute atomic E-state index is 0.0206. The molecular formula is C21H26N4O3. The lowest BCUT2D eigenvalue weighted by molar-refractivity contribution is -0.116. The van der Waals surface area contributed by atoms with Crippen molar-refractivity contribution in [2.45, 2.75) is 45.1 Å². The number of anilines is 1. The summed E-state index contributed by atoms with van der Waals surface area (Å²) < 4.78 is 6.87. The minimum atomic E-state index is -0.193. The number of carbonyl (C=O) groups is 2. The minimum Gasteiger partial charge on any atom is -0.447 e. The second-order valence-corrected chi connectivity index (χ2v) is 7.57. The Morgan fingerprint density at radius 3 is 2.89 bits per heavy atom. The number of rotatable bonds is 6. The number of cyclic esters (lactones) is 1. The Balaban J connectivity index is 1.26. The highest BCUT2D eigenvalue weighted by Gasteiger charge is 2.37. The van der Waals surface area contributed by atoms with E-state index in [2.05, 4.69) is 29.5 Å². The second kappa shape index (κ2) is 8.04. The fraction of sp³-hybridized carbons (Fsp3) is 0.476. The lowest BCUT2D eigenvalue weighted by Gasteiger charge is -2.32. The molecule has 0 bridgehead atoms. The van der Waals surface area contributed by atoms with Gasteiger partial charge in [-0.05, 0) is 49.3 Å². The highest BCUT2D eigenvalue weighted by molar-refractivity contribution is 5.89. The molecule has 7 heteroatoms. The molecule has 1 N–H and O–H groups in total. The van der Waals surface area contributed by atoms with Crippen LogP contribution in [0.15, 0.2) is 36.5 Å². The SMILES string of the molecule is CCc1ccc(-n2ccc(NC(=O)CCC3CCN4C(=O)OCC4C3)n2)cc1. The normalized spacial score (nSPS) is 21.3. The zero-order chi connectivity index (χ0) is 19.5. The van der Waals surface area contributed by atoms with Crippen LogP contribution >= 0.6 is 0 Å². The second-order valence-electron chi connectivity index (χ2n) is 7.57. The first-order valence-electron chi connectivity index (χ1n) is 10.0. The van der Waals surface area contributed by atoms with Crippen molar-refractivity contribution >= 4 is 17.8 Å². The van der Waals surface area contributed by atoms with Crippen LogP contribution in [0.2, 0.25) is 0 Å². The van der Waals surface area contributed by atoms with E-state index in [1.807, 2.05) is 29.3 Å². The van der Waals surface area contributed by atoms with E-state index in [0.717, 1.165) is 37.9 Å². The average molecular weight is 382 g/mol. The number of nitrogens with zero attached hydrogens (tertiary/aromatic N) is 3. The number of carbonyl (C=O) groups excluding carboxylic acids is 2. The van der Waals surface area contributed by atoms with E-state index in [-0.39, 0.29) is 18.0 Å². The number of hydrogen-bond acceptors (Lipinski definition) is 4. The van der Waals surface area contributed by atoms with Crippen LogP contribution in [-0.2, 0) is 16.0 Å². The van der Waals surface area contributed by atoms with E-state index in [9.17, 15) is 9.59 Å². The molecule has 0 radical (unpaired) electrons. The number of benzene rings is 1. The predicted octanol–water partition coefficient (Wildman–Crippen LogP) is 3.38. The van der Waals surface area contributed by atoms with E-state index >= 15 is 0 Å². The van der Waals surface area contributed by atoms with E-state index in [1.54, 1.807) is 4.68 Å². The lowest BCUT2D eigenvalue weighted by atomic mass is 9.88. The molecule has 2 amide bonds. The molecule has 0 aliphatic carbocycles. The molecule has 3 heterocycles. The van der Waals surface area contributed by atoms with Crippen LogP contribution in [0.25, 0.3) is 5.69 Å². The number of hydrogen-bond donors (Lipinski definition) is 1. The van der Waals surface area contributed by atoms with Crippen molar-refractivity contribution in [1.29, 1.82) is 0 Å². The zero-order valence-corrected chi connectivity index (χ0v) is 16.1. The quantitative estimate of drug-likeness (QED) is 0.831. The van der Waals surface area contributed by atoms with E-state index in [1.165, 1.54) is 5.56 Å². The molecule has 4 rings (SSSR count). The molecule has 2 fully saturated rings. The van der Waals surface area contributed by atoms with Crippen molar-refractivity contribution in [1.82, 2.24) is 14.7 Å². The molecule has 2 aromatic rings. The maximum Gasteiger partial charge on any atom is 0.410 e. The van der Waals surface area contributed by atoms with Gasteiger partial charge in [0.1, 0.15) is 6.61 Å². The van der Waals surface area contributed by atoms with Gasteiger partial charge >= 0.3 is 6.09 Å². The number of aryl methyl sites for hydroxylation is 1. The Kier molecular flexibility index (Phi) is 5.32. The summed E-state index contributed by atoms with van der Waals surface area (Å²) in [5.74, 6) is 0.998. The highest BCUT2D eigenvalue weighted by atomic mass is 16.6. The number of amides is 2. The third-order valence-corrected chi connectivity index (χ3v) is 5.70. The number of ether oxygens (including phenoxy) is 1. The summed E-state index contributed by atoms with van der Waals surface area (Å²) in [6, 6.07) is 10.2. The summed E-state index contributed by atoms with van der Waals surface area (Å²) in [5.41, 5.74) is 2.25. The maximum absolute atomic E-state index is 12.3. The van der Waals surface area contributed by atoms with Crippen molar-refractivity contribution < 1.29 is 14.3 Å². The third kappa shape index (κ3) is 4.03. The van der Waals surface area contributed by atoms with Gasteiger partial charge in [0, 0.05) is 25.2 Å². The van der Waals surface area contributed by atoms with Gasteiger partial charge in [-0.25, -0.2) is 9.48 Å². The van der Waals surface area contributed by atoms with Crippen molar-refractivity contribution in [3.63, 3.8) is 0 Å². The first kappa shape index (κ1) is 18.5. The van der Waals surface area contributed by atoms with Crippen LogP contribution in [0.4, 0.5) is 10.6 Å². The zero-order valence-electron chi connectivity index (χ0n) is 16.1. The Morgan fingerprint density at radius 1 is 1.29 bits per heavy atom. The summed E-state index contributed by atoms with van der Waals surface area (Å²) in [6.07, 6.45) is 5.80. The van der Waals surface area contributed by atoms with Crippen molar-refractivity contribution in [2.24, 2.45) is 5.92 Å². The Morgan fingerprint density at radius 2 is 2.11 bits per heavy atom. The molecule has 1 aromatic heterocycles. The van der Waals surface area contributed by atoms with Crippen LogP contribution < -0.4 is 5.32 Å². The smallest absolute Gasteiger partial charge is 0.410 e. The fourth-order valence-electron chi connectivity index (χ4n) is 4.00.